The number of thioether (sulfide) groups is 1. The molecular formula is C19H16Cl3NO2S. The predicted octanol–water partition coefficient (Wildman–Crippen LogP) is 5.80. The van der Waals surface area contributed by atoms with Crippen molar-refractivity contribution in [3.8, 4) is 0 Å². The van der Waals surface area contributed by atoms with Gasteiger partial charge in [0, 0.05) is 35.8 Å². The number of nitrogens with zero attached hydrogens (tertiary/aromatic N) is 1. The van der Waals surface area contributed by atoms with E-state index in [1.165, 1.54) is 0 Å². The van der Waals surface area contributed by atoms with E-state index in [4.69, 9.17) is 39.5 Å². The predicted molar refractivity (Wildman–Crippen MR) is 110 cm³/mol. The minimum absolute atomic E-state index is 0.0985. The van der Waals surface area contributed by atoms with E-state index in [2.05, 4.69) is 4.90 Å². The van der Waals surface area contributed by atoms with Gasteiger partial charge in [0.15, 0.2) is 5.78 Å². The zero-order valence-corrected chi connectivity index (χ0v) is 17.0. The number of hydrogen-bond donors (Lipinski definition) is 0. The number of benzene rings is 2. The van der Waals surface area contributed by atoms with Gasteiger partial charge in [-0.3, -0.25) is 4.79 Å². The van der Waals surface area contributed by atoms with Gasteiger partial charge in [-0.25, -0.2) is 0 Å². The molecule has 0 aromatic heterocycles. The summed E-state index contributed by atoms with van der Waals surface area (Å²) in [4.78, 5) is 15.9. The maximum atomic E-state index is 12.7. The van der Waals surface area contributed by atoms with Crippen LogP contribution in [0.25, 0.3) is 0 Å². The van der Waals surface area contributed by atoms with Crippen LogP contribution in [-0.2, 0) is 8.53 Å². The van der Waals surface area contributed by atoms with Gasteiger partial charge in [-0.1, -0.05) is 83.0 Å². The van der Waals surface area contributed by atoms with Gasteiger partial charge < -0.3 is 9.64 Å². The van der Waals surface area contributed by atoms with E-state index < -0.39 is 3.79 Å². The van der Waals surface area contributed by atoms with Gasteiger partial charge in [0.1, 0.15) is 0 Å². The van der Waals surface area contributed by atoms with Crippen molar-refractivity contribution in [1.29, 1.82) is 0 Å². The maximum Gasteiger partial charge on any atom is 0.216 e. The molecule has 0 fully saturated rings. The summed E-state index contributed by atoms with van der Waals surface area (Å²) in [6.07, 6.45) is 1.64. The number of para-hydroxylation sites is 1. The van der Waals surface area contributed by atoms with E-state index in [0.717, 1.165) is 15.6 Å². The molecule has 136 valence electrons. The average Bonchev–Trinajstić information content (AvgIpc) is 2.96. The monoisotopic (exact) mass is 427 g/mol. The fourth-order valence-electron chi connectivity index (χ4n) is 2.59. The number of ether oxygens (including phenoxy) is 1. The van der Waals surface area contributed by atoms with Crippen molar-refractivity contribution in [2.75, 3.05) is 25.2 Å². The molecule has 0 aliphatic carbocycles. The highest BCUT2D eigenvalue weighted by atomic mass is 35.6. The third kappa shape index (κ3) is 4.38. The Balaban J connectivity index is 1.85. The number of carbonyl (C=O) groups excluding carboxylic acids is 1. The minimum Gasteiger partial charge on any atom is -0.383 e. The summed E-state index contributed by atoms with van der Waals surface area (Å²) in [5.74, 6) is -0.0985. The molecule has 0 saturated carbocycles. The Labute approximate surface area is 171 Å². The van der Waals surface area contributed by atoms with Gasteiger partial charge in [-0.05, 0) is 12.1 Å². The van der Waals surface area contributed by atoms with Gasteiger partial charge >= 0.3 is 0 Å². The highest BCUT2D eigenvalue weighted by Gasteiger charge is 2.26. The van der Waals surface area contributed by atoms with Crippen molar-refractivity contribution in [2.24, 2.45) is 0 Å². The molecule has 3 nitrogen and oxygen atoms in total. The molecule has 0 unspecified atom stereocenters. The Morgan fingerprint density at radius 3 is 2.50 bits per heavy atom. The molecule has 0 atom stereocenters. The molecule has 0 N–H and O–H groups in total. The Bertz CT molecular complexity index is 831. The summed E-state index contributed by atoms with van der Waals surface area (Å²) in [5, 5.41) is 0.874. The largest absolute Gasteiger partial charge is 0.383 e. The lowest BCUT2D eigenvalue weighted by Crippen LogP contribution is -2.23. The zero-order valence-electron chi connectivity index (χ0n) is 13.9. The molecule has 0 saturated heterocycles. The van der Waals surface area contributed by atoms with Crippen molar-refractivity contribution >= 4 is 58.0 Å². The Morgan fingerprint density at radius 2 is 1.85 bits per heavy atom. The number of methoxy groups -OCH3 is 1. The summed E-state index contributed by atoms with van der Waals surface area (Å²) in [6, 6.07) is 14.7. The van der Waals surface area contributed by atoms with Crippen molar-refractivity contribution in [3.63, 3.8) is 0 Å². The smallest absolute Gasteiger partial charge is 0.216 e. The van der Waals surface area contributed by atoms with Crippen molar-refractivity contribution in [3.05, 3.63) is 70.8 Å². The standard InChI is InChI=1S/C19H16Cl3NO2S/c1-25-11-10-23-15-4-2-3-5-17(15)26-18(23)12-16(24)13-6-8-14(9-7-13)19(20,21)22/h2-9,12H,10-11H2,1H3. The first-order chi connectivity index (χ1) is 12.4. The van der Waals surface area contributed by atoms with E-state index in [-0.39, 0.29) is 5.78 Å². The molecule has 0 spiro atoms. The van der Waals surface area contributed by atoms with Crippen molar-refractivity contribution in [2.45, 2.75) is 8.69 Å². The number of anilines is 1. The number of alkyl halides is 3. The first kappa shape index (κ1) is 19.6. The van der Waals surface area contributed by atoms with Crippen LogP contribution in [0.3, 0.4) is 0 Å². The van der Waals surface area contributed by atoms with Crippen LogP contribution in [0.15, 0.2) is 64.5 Å². The van der Waals surface area contributed by atoms with E-state index in [9.17, 15) is 4.79 Å². The average molecular weight is 429 g/mol. The number of allylic oxidation sites excluding steroid dienone is 1. The molecule has 1 aliphatic heterocycles. The van der Waals surface area contributed by atoms with Crippen LogP contribution < -0.4 is 4.90 Å². The van der Waals surface area contributed by atoms with Crippen LogP contribution in [0.2, 0.25) is 0 Å². The van der Waals surface area contributed by atoms with Gasteiger partial charge in [0.05, 0.1) is 17.3 Å². The van der Waals surface area contributed by atoms with E-state index in [0.29, 0.717) is 24.3 Å². The lowest BCUT2D eigenvalue weighted by atomic mass is 10.1. The Kier molecular flexibility index (Phi) is 6.21. The quantitative estimate of drug-likeness (QED) is 0.342. The number of halogens is 3. The first-order valence-corrected chi connectivity index (χ1v) is 9.82. The first-order valence-electron chi connectivity index (χ1n) is 7.87. The lowest BCUT2D eigenvalue weighted by molar-refractivity contribution is 0.104. The minimum atomic E-state index is -1.50. The van der Waals surface area contributed by atoms with Gasteiger partial charge in [0.2, 0.25) is 3.79 Å². The Hall–Kier alpha value is -1.17. The highest BCUT2D eigenvalue weighted by Crippen LogP contribution is 2.45. The van der Waals surface area contributed by atoms with E-state index in [1.54, 1.807) is 49.2 Å². The number of ketones is 1. The van der Waals surface area contributed by atoms with Gasteiger partial charge in [0.25, 0.3) is 0 Å². The molecule has 0 radical (unpaired) electrons. The van der Waals surface area contributed by atoms with Crippen LogP contribution >= 0.6 is 46.6 Å². The second-order valence-electron chi connectivity index (χ2n) is 5.64. The second-order valence-corrected chi connectivity index (χ2v) is 8.98. The summed E-state index contributed by atoms with van der Waals surface area (Å²) in [5.41, 5.74) is 2.15. The zero-order chi connectivity index (χ0) is 18.7. The Morgan fingerprint density at radius 1 is 1.15 bits per heavy atom. The van der Waals surface area contributed by atoms with E-state index >= 15 is 0 Å². The summed E-state index contributed by atoms with van der Waals surface area (Å²) >= 11 is 19.2. The highest BCUT2D eigenvalue weighted by molar-refractivity contribution is 8.03. The second kappa shape index (κ2) is 8.24. The molecule has 7 heteroatoms. The van der Waals surface area contributed by atoms with Crippen LogP contribution in [0.5, 0.6) is 0 Å². The number of hydrogen-bond acceptors (Lipinski definition) is 4. The molecule has 1 aliphatic rings. The normalized spacial score (nSPS) is 15.4. The molecule has 0 amide bonds. The topological polar surface area (TPSA) is 29.5 Å². The molecular weight excluding hydrogens is 413 g/mol. The molecule has 1 heterocycles. The number of carbonyl (C=O) groups is 1. The molecule has 3 rings (SSSR count). The molecule has 0 bridgehead atoms. The van der Waals surface area contributed by atoms with Crippen LogP contribution in [0, 0.1) is 0 Å². The van der Waals surface area contributed by atoms with Gasteiger partial charge in [-0.15, -0.1) is 0 Å². The number of rotatable bonds is 5. The van der Waals surface area contributed by atoms with Crippen LogP contribution in [0.4, 0.5) is 5.69 Å². The van der Waals surface area contributed by atoms with Crippen LogP contribution in [-0.4, -0.2) is 26.0 Å². The number of fused-ring (bicyclic) bond motifs is 1. The maximum absolute atomic E-state index is 12.7. The molecule has 26 heavy (non-hydrogen) atoms. The summed E-state index contributed by atoms with van der Waals surface area (Å²) in [6.45, 7) is 1.24. The van der Waals surface area contributed by atoms with Crippen molar-refractivity contribution in [1.82, 2.24) is 0 Å². The SMILES string of the molecule is COCCN1C(=CC(=O)c2ccc(C(Cl)(Cl)Cl)cc2)Sc2ccccc21. The summed E-state index contributed by atoms with van der Waals surface area (Å²) in [7, 11) is 1.66. The third-order valence-electron chi connectivity index (χ3n) is 3.91. The molecule has 2 aromatic carbocycles. The van der Waals surface area contributed by atoms with Crippen molar-refractivity contribution < 1.29 is 9.53 Å². The van der Waals surface area contributed by atoms with Crippen LogP contribution in [0.1, 0.15) is 15.9 Å². The molecule has 2 aromatic rings. The van der Waals surface area contributed by atoms with E-state index in [1.807, 2.05) is 24.3 Å². The third-order valence-corrected chi connectivity index (χ3v) is 5.67. The van der Waals surface area contributed by atoms with Gasteiger partial charge in [-0.2, -0.15) is 0 Å². The summed E-state index contributed by atoms with van der Waals surface area (Å²) < 4.78 is 3.70. The fourth-order valence-corrected chi connectivity index (χ4v) is 4.09. The fraction of sp³-hybridized carbons (Fsp3) is 0.211. The lowest BCUT2D eigenvalue weighted by Gasteiger charge is -2.19.